The maximum absolute atomic E-state index is 14.2. The topological polar surface area (TPSA) is 501 Å². The summed E-state index contributed by atoms with van der Waals surface area (Å²) in [5, 5.41) is 21.4. The molecule has 0 amide bonds. The van der Waals surface area contributed by atoms with Gasteiger partial charge in [-0.05, 0) is 41.4 Å². The second-order valence-corrected chi connectivity index (χ2v) is 35.0. The predicted molar refractivity (Wildman–Crippen MR) is 362 cm³/mol. The van der Waals surface area contributed by atoms with Crippen LogP contribution in [-0.2, 0) is 97.6 Å². The van der Waals surface area contributed by atoms with Crippen molar-refractivity contribution in [3.05, 3.63) is 38.0 Å². The number of rotatable bonds is 42. The van der Waals surface area contributed by atoms with E-state index in [2.05, 4.69) is 51.8 Å². The fraction of sp³-hybridized carbons (Fsp3) is 0.709. The molecule has 0 radical (unpaired) electrons. The van der Waals surface area contributed by atoms with E-state index in [1.807, 2.05) is 0 Å². The first-order valence-corrected chi connectivity index (χ1v) is 42.3. The summed E-state index contributed by atoms with van der Waals surface area (Å²) in [6.07, 6.45) is 9.62. The zero-order chi connectivity index (χ0) is 70.5. The van der Waals surface area contributed by atoms with Crippen molar-refractivity contribution in [1.82, 2.24) is 58.6 Å². The number of imidazole rings is 3. The van der Waals surface area contributed by atoms with Crippen molar-refractivity contribution < 1.29 is 104 Å². The summed E-state index contributed by atoms with van der Waals surface area (Å²) in [5.74, 6) is -0.528. The molecule has 12 N–H and O–H groups in total. The lowest BCUT2D eigenvalue weighted by Crippen LogP contribution is -2.52. The average Bonchev–Trinajstić information content (AvgIpc) is 1.59. The van der Waals surface area contributed by atoms with Crippen LogP contribution in [0.5, 0.6) is 0 Å². The number of fused-ring (bicyclic) bond motifs is 5. The van der Waals surface area contributed by atoms with Crippen molar-refractivity contribution in [3.8, 4) is 0 Å². The fourth-order valence-corrected chi connectivity index (χ4v) is 18.2. The van der Waals surface area contributed by atoms with Crippen molar-refractivity contribution in [1.29, 1.82) is 0 Å². The van der Waals surface area contributed by atoms with Crippen LogP contribution in [0.15, 0.2) is 38.0 Å². The minimum Gasteiger partial charge on any atom is -0.465 e. The molecule has 7 unspecified atom stereocenters. The number of nitrogens with zero attached hydrogens (tertiary/aromatic N) is 12. The lowest BCUT2D eigenvalue weighted by Gasteiger charge is -2.39. The molecule has 0 spiro atoms. The van der Waals surface area contributed by atoms with Gasteiger partial charge in [-0.25, -0.2) is 54.0 Å². The lowest BCUT2D eigenvalue weighted by molar-refractivity contribution is -0.143. The molecule has 99 heavy (non-hydrogen) atoms. The Hall–Kier alpha value is -4.09. The van der Waals surface area contributed by atoms with Gasteiger partial charge < -0.3 is 84.5 Å². The standard InChI is InChI=1S/C55H85N15O22P4S3/c1-3-4-5-6-7-8-9-10-11-12-13-14-15-16-17-18-36(72)81-23-24-99-94(76,77)92-45-44-54(70-33-67-39-48(58)61-30-64-51(39)70)89-55(45,19-21-82-44)27-86-96(79,98)90-42-40(73)34(87-52(42)68-31-65-37-46(56)59-28-62-49(37)68)25-85-95(78,97)91-43-41(80-2)35(26-84-93(74,75)83-22-20-71)88-53(43)69-32-66-38-47(57)60-29-63-50(38)69/h28-35,40-45,52-54,71,73H,3-27H2,1-2H3,(H,74,75)(H,76,77)(H,78,97)(H,79,98)(H2,56,59,62)(H2,57,60,63)(H2,58,61,64)/t34-,35-,40+,41+,42?,43?,44?,45-,52-,53-,54-,55-,95?,96?/m1/s1. The second-order valence-electron chi connectivity index (χ2n) is 23.9. The van der Waals surface area contributed by atoms with Crippen LogP contribution in [0.25, 0.3) is 33.5 Å². The molecule has 44 heteroatoms. The molecule has 4 aliphatic rings. The molecule has 550 valence electrons. The number of esters is 1. The summed E-state index contributed by atoms with van der Waals surface area (Å²) < 4.78 is 108. The van der Waals surface area contributed by atoms with Crippen molar-refractivity contribution >= 4 is 120 Å². The number of aliphatic hydroxyl groups is 2. The molecule has 2 bridgehead atoms. The Balaban J connectivity index is 0.801. The van der Waals surface area contributed by atoms with E-state index in [4.69, 9.17) is 101 Å². The highest BCUT2D eigenvalue weighted by Gasteiger charge is 2.63. The summed E-state index contributed by atoms with van der Waals surface area (Å²) in [6, 6.07) is 0. The van der Waals surface area contributed by atoms with Gasteiger partial charge >= 0.3 is 34.0 Å². The number of anilines is 3. The molecule has 10 heterocycles. The van der Waals surface area contributed by atoms with Gasteiger partial charge in [0.2, 0.25) is 0 Å². The van der Waals surface area contributed by atoms with Crippen molar-refractivity contribution in [2.24, 2.45) is 0 Å². The van der Waals surface area contributed by atoms with Crippen molar-refractivity contribution in [2.45, 2.75) is 189 Å². The number of phosphoric acid groups is 1. The van der Waals surface area contributed by atoms with Gasteiger partial charge in [0.05, 0.1) is 58.6 Å². The Kier molecular flexibility index (Phi) is 27.5. The van der Waals surface area contributed by atoms with Crippen LogP contribution >= 0.6 is 39.4 Å². The van der Waals surface area contributed by atoms with E-state index in [1.165, 1.54) is 117 Å². The van der Waals surface area contributed by atoms with Gasteiger partial charge in [-0.1, -0.05) is 96.8 Å². The number of nitrogen functional groups attached to an aromatic ring is 3. The number of carbonyl (C=O) groups is 1. The first-order chi connectivity index (χ1) is 47.5. The van der Waals surface area contributed by atoms with E-state index in [1.54, 1.807) is 0 Å². The fourth-order valence-electron chi connectivity index (χ4n) is 12.2. The van der Waals surface area contributed by atoms with E-state index in [0.717, 1.165) is 31.9 Å². The number of nitrogens with two attached hydrogens (primary N) is 3. The maximum Gasteiger partial charge on any atom is 0.472 e. The SMILES string of the molecule is CCCCCCCCCCCCCCCCCC(=O)OCCSP(=O)(O)O[C@@H]1C2OCC[C@]1(COP(O)(=S)OC1[C@@H](O)[C@@H](COP(O)(=S)OC3[C@@H](OC)[C@@H](COP(=O)(O)OCCO)O[C@H]3n3cnc4c(N)ncnc43)O[C@H]1n1cnc3c(N)ncnc31)O[C@H]2n1cnc2c(N)ncnc21. The molecule has 6 aromatic heterocycles. The number of hydrogen-bond acceptors (Lipinski definition) is 33. The van der Waals surface area contributed by atoms with Crippen LogP contribution in [0.4, 0.5) is 17.5 Å². The smallest absolute Gasteiger partial charge is 0.465 e. The summed E-state index contributed by atoms with van der Waals surface area (Å²) in [6.45, 7) is -15.2. The van der Waals surface area contributed by atoms with E-state index >= 15 is 0 Å². The molecule has 16 atom stereocenters. The third-order valence-corrected chi connectivity index (χ3v) is 24.1. The normalized spacial score (nSPS) is 27.2. The molecule has 0 saturated carbocycles. The third kappa shape index (κ3) is 19.7. The van der Waals surface area contributed by atoms with Crippen LogP contribution in [0.2, 0.25) is 0 Å². The molecule has 4 saturated heterocycles. The van der Waals surface area contributed by atoms with Gasteiger partial charge in [0, 0.05) is 25.7 Å². The first kappa shape index (κ1) is 77.5. The Labute approximate surface area is 582 Å². The number of aromatic nitrogens is 12. The monoisotopic (exact) mass is 1530 g/mol. The van der Waals surface area contributed by atoms with Crippen LogP contribution in [-0.4, -0.2) is 208 Å². The average molecular weight is 1530 g/mol. The van der Waals surface area contributed by atoms with Gasteiger partial charge in [-0.15, -0.1) is 0 Å². The molecular formula is C55H85N15O22P4S3. The van der Waals surface area contributed by atoms with Crippen LogP contribution in [0, 0.1) is 0 Å². The number of aliphatic hydroxyl groups excluding tert-OH is 2. The zero-order valence-electron chi connectivity index (χ0n) is 54.3. The van der Waals surface area contributed by atoms with Crippen molar-refractivity contribution in [3.63, 3.8) is 0 Å². The summed E-state index contributed by atoms with van der Waals surface area (Å²) >= 11 is 11.8. The summed E-state index contributed by atoms with van der Waals surface area (Å²) in [7, 11) is -3.51. The van der Waals surface area contributed by atoms with Crippen LogP contribution < -0.4 is 17.2 Å². The number of hydrogen-bond donors (Lipinski definition) is 9. The first-order valence-electron chi connectivity index (χ1n) is 32.4. The second kappa shape index (κ2) is 35.1. The molecule has 0 aromatic carbocycles. The molecule has 37 nitrogen and oxygen atoms in total. The molecule has 4 aliphatic heterocycles. The molecule has 10 rings (SSSR count). The number of unbranched alkanes of at least 4 members (excludes halogenated alkanes) is 14. The van der Waals surface area contributed by atoms with E-state index in [-0.39, 0.29) is 82.8 Å². The summed E-state index contributed by atoms with van der Waals surface area (Å²) in [5.41, 5.74) is 17.5. The van der Waals surface area contributed by atoms with E-state index in [9.17, 15) is 43.7 Å². The molecule has 0 aliphatic carbocycles. The maximum atomic E-state index is 14.2. The zero-order valence-corrected chi connectivity index (χ0v) is 60.3. The minimum absolute atomic E-state index is 0.00269. The minimum atomic E-state index is -4.76. The number of ether oxygens (including phenoxy) is 6. The van der Waals surface area contributed by atoms with Gasteiger partial charge in [0.25, 0.3) is 0 Å². The van der Waals surface area contributed by atoms with Gasteiger partial charge in [0.1, 0.15) is 96.6 Å². The number of phosphoric ester groups is 1. The largest absolute Gasteiger partial charge is 0.472 e. The van der Waals surface area contributed by atoms with Gasteiger partial charge in [-0.3, -0.25) is 41.1 Å². The quantitative estimate of drug-likeness (QED) is 0.0123. The number of carbonyl (C=O) groups excluding carboxylic acids is 1. The lowest BCUT2D eigenvalue weighted by atomic mass is 9.90. The molecule has 6 aromatic rings. The summed E-state index contributed by atoms with van der Waals surface area (Å²) in [4.78, 5) is 96.6. The Morgan fingerprint density at radius 3 is 1.68 bits per heavy atom. The molecular weight excluding hydrogens is 1440 g/mol. The van der Waals surface area contributed by atoms with E-state index in [0.29, 0.717) is 17.8 Å². The number of methoxy groups -OCH3 is 1. The van der Waals surface area contributed by atoms with Crippen molar-refractivity contribution in [2.75, 3.05) is 76.3 Å². The van der Waals surface area contributed by atoms with Crippen LogP contribution in [0.3, 0.4) is 0 Å². The van der Waals surface area contributed by atoms with Gasteiger partial charge in [0.15, 0.2) is 53.1 Å². The Bertz CT molecular complexity index is 3860. The Morgan fingerprint density at radius 1 is 0.636 bits per heavy atom. The van der Waals surface area contributed by atoms with Crippen LogP contribution in [0.1, 0.15) is 135 Å². The molecule has 4 fully saturated rings. The predicted octanol–water partition coefficient (Wildman–Crippen LogP) is 5.87. The Morgan fingerprint density at radius 2 is 1.13 bits per heavy atom. The highest BCUT2D eigenvalue weighted by atomic mass is 32.7. The third-order valence-electron chi connectivity index (χ3n) is 17.1. The highest BCUT2D eigenvalue weighted by molar-refractivity contribution is 8.54. The van der Waals surface area contributed by atoms with Gasteiger partial charge in [-0.2, -0.15) is 0 Å². The highest BCUT2D eigenvalue weighted by Crippen LogP contribution is 2.62. The van der Waals surface area contributed by atoms with E-state index < -0.39 is 140 Å².